The van der Waals surface area contributed by atoms with Gasteiger partial charge in [0.05, 0.1) is 11.1 Å². The molecule has 4 unspecified atom stereocenters. The highest BCUT2D eigenvalue weighted by Gasteiger charge is 2.55. The Kier molecular flexibility index (Phi) is 4.63. The zero-order valence-corrected chi connectivity index (χ0v) is 15.1. The molecule has 0 aliphatic heterocycles. The molecular weight excluding hydrogens is 332 g/mol. The van der Waals surface area contributed by atoms with Gasteiger partial charge in [-0.1, -0.05) is 32.4 Å². The lowest BCUT2D eigenvalue weighted by Gasteiger charge is -2.37. The van der Waals surface area contributed by atoms with Gasteiger partial charge in [0.2, 0.25) is 5.91 Å². The van der Waals surface area contributed by atoms with Crippen molar-refractivity contribution >= 4 is 17.5 Å². The van der Waals surface area contributed by atoms with E-state index in [1.54, 1.807) is 0 Å². The average molecular weight is 356 g/mol. The minimum absolute atomic E-state index is 0.0945. The van der Waals surface area contributed by atoms with Crippen molar-refractivity contribution in [1.29, 1.82) is 0 Å². The van der Waals surface area contributed by atoms with Crippen LogP contribution >= 0.6 is 11.6 Å². The second-order valence-electron chi connectivity index (χ2n) is 7.83. The van der Waals surface area contributed by atoms with Gasteiger partial charge in [0, 0.05) is 11.5 Å². The van der Waals surface area contributed by atoms with E-state index in [4.69, 9.17) is 11.6 Å². The number of hydrogen-bond donors (Lipinski definition) is 1. The van der Waals surface area contributed by atoms with Gasteiger partial charge in [-0.25, -0.2) is 8.78 Å². The van der Waals surface area contributed by atoms with Crippen LogP contribution in [-0.2, 0) is 4.79 Å². The third-order valence-electron chi connectivity index (χ3n) is 5.94. The maximum atomic E-state index is 14.7. The summed E-state index contributed by atoms with van der Waals surface area (Å²) in [6.07, 6.45) is 3.65. The normalized spacial score (nSPS) is 30.6. The van der Waals surface area contributed by atoms with Gasteiger partial charge in [0.1, 0.15) is 11.6 Å². The molecule has 1 amide bonds. The number of rotatable bonds is 5. The van der Waals surface area contributed by atoms with E-state index >= 15 is 0 Å². The minimum atomic E-state index is -0.757. The molecule has 0 spiro atoms. The maximum Gasteiger partial charge on any atom is 0.223 e. The number of halogens is 3. The summed E-state index contributed by atoms with van der Waals surface area (Å²) in [4.78, 5) is 12.5. The van der Waals surface area contributed by atoms with E-state index < -0.39 is 17.7 Å². The van der Waals surface area contributed by atoms with E-state index in [1.807, 2.05) is 20.8 Å². The van der Waals surface area contributed by atoms with Crippen LogP contribution in [0.2, 0.25) is 5.02 Å². The van der Waals surface area contributed by atoms with E-state index in [2.05, 4.69) is 5.32 Å². The Morgan fingerprint density at radius 3 is 2.58 bits per heavy atom. The maximum absolute atomic E-state index is 14.7. The second kappa shape index (κ2) is 6.29. The molecule has 1 aromatic rings. The Balaban J connectivity index is 1.99. The number of benzene rings is 1. The van der Waals surface area contributed by atoms with Crippen molar-refractivity contribution in [2.75, 3.05) is 0 Å². The summed E-state index contributed by atoms with van der Waals surface area (Å²) in [5.41, 5.74) is -0.439. The molecule has 2 aliphatic carbocycles. The average Bonchev–Trinajstić information content (AvgIpc) is 3.16. The lowest BCUT2D eigenvalue weighted by Crippen LogP contribution is -2.42. The monoisotopic (exact) mass is 355 g/mol. The molecule has 3 rings (SSSR count). The Labute approximate surface area is 147 Å². The fourth-order valence-corrected chi connectivity index (χ4v) is 4.36. The van der Waals surface area contributed by atoms with Gasteiger partial charge in [-0.15, -0.1) is 0 Å². The Hall–Kier alpha value is -1.16. The Bertz CT molecular complexity index is 653. The largest absolute Gasteiger partial charge is 0.348 e. The van der Waals surface area contributed by atoms with E-state index in [9.17, 15) is 13.6 Å². The van der Waals surface area contributed by atoms with E-state index in [0.29, 0.717) is 18.3 Å². The van der Waals surface area contributed by atoms with E-state index in [-0.39, 0.29) is 27.8 Å². The number of hydrogen-bond acceptors (Lipinski definition) is 1. The van der Waals surface area contributed by atoms with Crippen LogP contribution in [0, 0.1) is 34.8 Å². The summed E-state index contributed by atoms with van der Waals surface area (Å²) in [7, 11) is 0. The summed E-state index contributed by atoms with van der Waals surface area (Å²) in [6, 6.07) is 1.71. The topological polar surface area (TPSA) is 29.1 Å². The molecule has 0 radical (unpaired) electrons. The van der Waals surface area contributed by atoms with Crippen LogP contribution in [0.3, 0.4) is 0 Å². The van der Waals surface area contributed by atoms with Crippen molar-refractivity contribution in [2.45, 2.75) is 52.5 Å². The van der Waals surface area contributed by atoms with E-state index in [0.717, 1.165) is 12.8 Å². The van der Waals surface area contributed by atoms with Gasteiger partial charge in [0.15, 0.2) is 0 Å². The van der Waals surface area contributed by atoms with Crippen LogP contribution < -0.4 is 5.32 Å². The molecule has 0 aromatic heterocycles. The van der Waals surface area contributed by atoms with Crippen molar-refractivity contribution in [3.8, 4) is 0 Å². The van der Waals surface area contributed by atoms with Gasteiger partial charge in [-0.05, 0) is 55.1 Å². The zero-order valence-electron chi connectivity index (χ0n) is 14.3. The third kappa shape index (κ3) is 3.05. The van der Waals surface area contributed by atoms with Crippen molar-refractivity contribution < 1.29 is 13.6 Å². The molecule has 0 bridgehead atoms. The van der Waals surface area contributed by atoms with Crippen LogP contribution in [-0.4, -0.2) is 5.91 Å². The van der Waals surface area contributed by atoms with Gasteiger partial charge >= 0.3 is 0 Å². The molecule has 24 heavy (non-hydrogen) atoms. The van der Waals surface area contributed by atoms with Crippen LogP contribution in [0.1, 0.15) is 58.1 Å². The molecule has 1 N–H and O–H groups in total. The smallest absolute Gasteiger partial charge is 0.223 e. The van der Waals surface area contributed by atoms with Crippen molar-refractivity contribution in [3.05, 3.63) is 34.4 Å². The molecular formula is C19H24ClF2NO. The van der Waals surface area contributed by atoms with Crippen molar-refractivity contribution in [2.24, 2.45) is 23.2 Å². The predicted molar refractivity (Wildman–Crippen MR) is 90.6 cm³/mol. The highest BCUT2D eigenvalue weighted by Crippen LogP contribution is 2.63. The summed E-state index contributed by atoms with van der Waals surface area (Å²) in [6.45, 7) is 5.78. The number of fused-ring (bicyclic) bond motifs is 1. The lowest BCUT2D eigenvalue weighted by atomic mass is 9.74. The Morgan fingerprint density at radius 2 is 2.00 bits per heavy atom. The van der Waals surface area contributed by atoms with Crippen LogP contribution in [0.15, 0.2) is 12.1 Å². The van der Waals surface area contributed by atoms with Gasteiger partial charge in [0.25, 0.3) is 0 Å². The molecule has 2 fully saturated rings. The standard InChI is InChI=1S/C19H24ClF2NO/c1-4-10(2)18(24)23-17(19(3)8-11-7-12(11)9-19)15-14(21)6-5-13(20)16(15)22/h5-6,10-12,17H,4,7-9H2,1-3H3,(H,23,24). The molecule has 0 heterocycles. The minimum Gasteiger partial charge on any atom is -0.348 e. The molecule has 132 valence electrons. The van der Waals surface area contributed by atoms with Crippen LogP contribution in [0.5, 0.6) is 0 Å². The second-order valence-corrected chi connectivity index (χ2v) is 8.23. The van der Waals surface area contributed by atoms with Gasteiger partial charge < -0.3 is 5.32 Å². The molecule has 4 atom stereocenters. The van der Waals surface area contributed by atoms with E-state index in [1.165, 1.54) is 18.6 Å². The molecule has 1 aromatic carbocycles. The van der Waals surface area contributed by atoms with Crippen molar-refractivity contribution in [1.82, 2.24) is 5.32 Å². The number of nitrogens with one attached hydrogen (secondary N) is 1. The molecule has 2 saturated carbocycles. The SMILES string of the molecule is CCC(C)C(=O)NC(c1c(F)ccc(Cl)c1F)C1(C)CC2CC2C1. The first-order valence-electron chi connectivity index (χ1n) is 8.70. The lowest BCUT2D eigenvalue weighted by molar-refractivity contribution is -0.126. The molecule has 2 nitrogen and oxygen atoms in total. The van der Waals surface area contributed by atoms with Crippen LogP contribution in [0.25, 0.3) is 0 Å². The van der Waals surface area contributed by atoms with Crippen LogP contribution in [0.4, 0.5) is 8.78 Å². The van der Waals surface area contributed by atoms with Gasteiger partial charge in [-0.3, -0.25) is 4.79 Å². The first-order valence-corrected chi connectivity index (χ1v) is 9.08. The summed E-state index contributed by atoms with van der Waals surface area (Å²) >= 11 is 5.89. The quantitative estimate of drug-likeness (QED) is 0.717. The highest BCUT2D eigenvalue weighted by atomic mass is 35.5. The number of carbonyl (C=O) groups excluding carboxylic acids is 1. The molecule has 0 saturated heterocycles. The first-order chi connectivity index (χ1) is 11.3. The summed E-state index contributed by atoms with van der Waals surface area (Å²) < 4.78 is 29.2. The fraction of sp³-hybridized carbons (Fsp3) is 0.632. The highest BCUT2D eigenvalue weighted by molar-refractivity contribution is 6.30. The van der Waals surface area contributed by atoms with Crippen molar-refractivity contribution in [3.63, 3.8) is 0 Å². The zero-order chi connectivity index (χ0) is 17.6. The first kappa shape index (κ1) is 17.7. The van der Waals surface area contributed by atoms with Gasteiger partial charge in [-0.2, -0.15) is 0 Å². The number of carbonyl (C=O) groups is 1. The third-order valence-corrected chi connectivity index (χ3v) is 6.23. The predicted octanol–water partition coefficient (Wildman–Crippen LogP) is 5.26. The summed E-state index contributed by atoms with van der Waals surface area (Å²) in [5.74, 6) is -0.506. The number of amides is 1. The fourth-order valence-electron chi connectivity index (χ4n) is 4.20. The molecule has 5 heteroatoms. The summed E-state index contributed by atoms with van der Waals surface area (Å²) in [5, 5.41) is 2.83. The molecule has 2 aliphatic rings. The Morgan fingerprint density at radius 1 is 1.38 bits per heavy atom.